The van der Waals surface area contributed by atoms with Crippen molar-refractivity contribution in [1.29, 1.82) is 0 Å². The molecule has 0 spiro atoms. The first-order valence-electron chi connectivity index (χ1n) is 8.19. The Bertz CT molecular complexity index is 1130. The van der Waals surface area contributed by atoms with Crippen LogP contribution in [0.25, 0.3) is 10.8 Å². The van der Waals surface area contributed by atoms with Crippen LogP contribution in [0, 0.1) is 0 Å². The minimum atomic E-state index is -0.357. The van der Waals surface area contributed by atoms with Crippen molar-refractivity contribution < 1.29 is 4.79 Å². The second kappa shape index (κ2) is 6.68. The Balaban J connectivity index is 1.57. The SMILES string of the molecule is O=C(Nc1cccc(Cn2cccn2)c1)c1cc2ccccc2c(=O)[nH]1. The summed E-state index contributed by atoms with van der Waals surface area (Å²) < 4.78 is 1.81. The van der Waals surface area contributed by atoms with Gasteiger partial charge in [-0.2, -0.15) is 5.10 Å². The molecular weight excluding hydrogens is 328 g/mol. The van der Waals surface area contributed by atoms with E-state index in [9.17, 15) is 9.59 Å². The highest BCUT2D eigenvalue weighted by atomic mass is 16.2. The normalized spacial score (nSPS) is 10.8. The Kier molecular flexibility index (Phi) is 4.07. The van der Waals surface area contributed by atoms with Crippen LogP contribution in [0.5, 0.6) is 0 Å². The second-order valence-electron chi connectivity index (χ2n) is 5.96. The highest BCUT2D eigenvalue weighted by Crippen LogP contribution is 2.14. The minimum absolute atomic E-state index is 0.228. The lowest BCUT2D eigenvalue weighted by atomic mass is 10.1. The Morgan fingerprint density at radius 1 is 1.08 bits per heavy atom. The first-order valence-corrected chi connectivity index (χ1v) is 8.19. The number of nitrogens with zero attached hydrogens (tertiary/aromatic N) is 2. The average molecular weight is 344 g/mol. The number of carbonyl (C=O) groups is 1. The molecule has 6 nitrogen and oxygen atoms in total. The van der Waals surface area contributed by atoms with Gasteiger partial charge in [0.2, 0.25) is 0 Å². The molecule has 4 aromatic rings. The Morgan fingerprint density at radius 3 is 2.81 bits per heavy atom. The summed E-state index contributed by atoms with van der Waals surface area (Å²) in [7, 11) is 0. The molecule has 2 N–H and O–H groups in total. The number of aromatic nitrogens is 3. The first-order chi connectivity index (χ1) is 12.7. The number of aromatic amines is 1. The molecule has 1 amide bonds. The van der Waals surface area contributed by atoms with Crippen molar-refractivity contribution in [3.05, 3.63) is 94.7 Å². The van der Waals surface area contributed by atoms with E-state index in [1.807, 2.05) is 53.3 Å². The molecule has 0 saturated carbocycles. The topological polar surface area (TPSA) is 79.8 Å². The molecule has 0 saturated heterocycles. The van der Waals surface area contributed by atoms with Crippen LogP contribution in [0.1, 0.15) is 16.1 Å². The van der Waals surface area contributed by atoms with Crippen molar-refractivity contribution in [3.8, 4) is 0 Å². The highest BCUT2D eigenvalue weighted by molar-refractivity contribution is 6.04. The summed E-state index contributed by atoms with van der Waals surface area (Å²) in [6.45, 7) is 0.615. The first kappa shape index (κ1) is 15.8. The number of nitrogens with one attached hydrogen (secondary N) is 2. The van der Waals surface area contributed by atoms with Gasteiger partial charge in [0.1, 0.15) is 5.69 Å². The van der Waals surface area contributed by atoms with E-state index in [2.05, 4.69) is 15.4 Å². The predicted octanol–water partition coefficient (Wildman–Crippen LogP) is 3.03. The number of anilines is 1. The summed E-state index contributed by atoms with van der Waals surface area (Å²) in [4.78, 5) is 27.3. The summed E-state index contributed by atoms with van der Waals surface area (Å²) in [5.41, 5.74) is 1.62. The van der Waals surface area contributed by atoms with Crippen LogP contribution in [0.15, 0.2) is 77.9 Å². The highest BCUT2D eigenvalue weighted by Gasteiger charge is 2.10. The van der Waals surface area contributed by atoms with Gasteiger partial charge in [0.15, 0.2) is 0 Å². The minimum Gasteiger partial charge on any atom is -0.321 e. The van der Waals surface area contributed by atoms with Gasteiger partial charge in [-0.05, 0) is 41.3 Å². The van der Waals surface area contributed by atoms with Crippen LogP contribution in [0.4, 0.5) is 5.69 Å². The summed E-state index contributed by atoms with van der Waals surface area (Å²) in [6.07, 6.45) is 3.60. The lowest BCUT2D eigenvalue weighted by Gasteiger charge is -2.08. The zero-order valence-corrected chi connectivity index (χ0v) is 13.8. The van der Waals surface area contributed by atoms with E-state index in [4.69, 9.17) is 0 Å². The molecule has 0 fully saturated rings. The van der Waals surface area contributed by atoms with E-state index >= 15 is 0 Å². The maximum atomic E-state index is 12.5. The molecule has 0 radical (unpaired) electrons. The number of hydrogen-bond donors (Lipinski definition) is 2. The molecule has 0 aliphatic rings. The second-order valence-corrected chi connectivity index (χ2v) is 5.96. The molecule has 2 aromatic carbocycles. The third-order valence-electron chi connectivity index (χ3n) is 4.09. The van der Waals surface area contributed by atoms with Crippen LogP contribution >= 0.6 is 0 Å². The molecule has 128 valence electrons. The number of benzene rings is 2. The summed E-state index contributed by atoms with van der Waals surface area (Å²) in [6, 6.07) is 18.3. The van der Waals surface area contributed by atoms with Crippen LogP contribution in [-0.2, 0) is 6.54 Å². The van der Waals surface area contributed by atoms with E-state index in [0.29, 0.717) is 17.6 Å². The molecule has 26 heavy (non-hydrogen) atoms. The van der Waals surface area contributed by atoms with E-state index in [0.717, 1.165) is 10.9 Å². The molecule has 0 aliphatic heterocycles. The van der Waals surface area contributed by atoms with E-state index < -0.39 is 0 Å². The maximum absolute atomic E-state index is 12.5. The van der Waals surface area contributed by atoms with E-state index in [-0.39, 0.29) is 17.2 Å². The third kappa shape index (κ3) is 3.25. The Labute approximate surface area is 149 Å². The van der Waals surface area contributed by atoms with Crippen molar-refractivity contribution >= 4 is 22.4 Å². The lowest BCUT2D eigenvalue weighted by molar-refractivity contribution is 0.102. The predicted molar refractivity (Wildman–Crippen MR) is 100 cm³/mol. The van der Waals surface area contributed by atoms with Crippen molar-refractivity contribution in [3.63, 3.8) is 0 Å². The molecule has 0 unspecified atom stereocenters. The number of amides is 1. The van der Waals surface area contributed by atoms with Gasteiger partial charge in [-0.15, -0.1) is 0 Å². The van der Waals surface area contributed by atoms with Gasteiger partial charge in [0, 0.05) is 23.5 Å². The Hall–Kier alpha value is -3.67. The molecular formula is C20H16N4O2. The molecule has 0 aliphatic carbocycles. The summed E-state index contributed by atoms with van der Waals surface area (Å²) >= 11 is 0. The van der Waals surface area contributed by atoms with Crippen LogP contribution in [0.2, 0.25) is 0 Å². The molecule has 0 atom stereocenters. The third-order valence-corrected chi connectivity index (χ3v) is 4.09. The molecule has 2 aromatic heterocycles. The van der Waals surface area contributed by atoms with Gasteiger partial charge in [-0.25, -0.2) is 0 Å². The molecule has 2 heterocycles. The number of carbonyl (C=O) groups excluding carboxylic acids is 1. The van der Waals surface area contributed by atoms with Crippen molar-refractivity contribution in [1.82, 2.24) is 14.8 Å². The zero-order chi connectivity index (χ0) is 17.9. The van der Waals surface area contributed by atoms with E-state index in [1.165, 1.54) is 0 Å². The smallest absolute Gasteiger partial charge is 0.272 e. The number of pyridine rings is 1. The summed E-state index contributed by atoms with van der Waals surface area (Å²) in [5, 5.41) is 8.30. The maximum Gasteiger partial charge on any atom is 0.272 e. The van der Waals surface area contributed by atoms with Crippen LogP contribution < -0.4 is 10.9 Å². The number of rotatable bonds is 4. The fourth-order valence-corrected chi connectivity index (χ4v) is 2.86. The quantitative estimate of drug-likeness (QED) is 0.597. The van der Waals surface area contributed by atoms with E-state index in [1.54, 1.807) is 24.4 Å². The van der Waals surface area contributed by atoms with Gasteiger partial charge < -0.3 is 10.3 Å². The number of fused-ring (bicyclic) bond motifs is 1. The van der Waals surface area contributed by atoms with Gasteiger partial charge in [-0.3, -0.25) is 14.3 Å². The van der Waals surface area contributed by atoms with Crippen LogP contribution in [0.3, 0.4) is 0 Å². The average Bonchev–Trinajstić information content (AvgIpc) is 3.15. The summed E-state index contributed by atoms with van der Waals surface area (Å²) in [5.74, 6) is -0.357. The zero-order valence-electron chi connectivity index (χ0n) is 13.8. The Morgan fingerprint density at radius 2 is 1.96 bits per heavy atom. The monoisotopic (exact) mass is 344 g/mol. The standard InChI is InChI=1S/C20H16N4O2/c25-19-17-8-2-1-6-15(17)12-18(23-19)20(26)22-16-7-3-5-14(11-16)13-24-10-4-9-21-24/h1-12H,13H2,(H,22,26)(H,23,25). The lowest BCUT2D eigenvalue weighted by Crippen LogP contribution is -2.19. The van der Waals surface area contributed by atoms with Gasteiger partial charge in [0.25, 0.3) is 11.5 Å². The van der Waals surface area contributed by atoms with Gasteiger partial charge in [0.05, 0.1) is 6.54 Å². The number of H-pyrrole nitrogens is 1. The largest absolute Gasteiger partial charge is 0.321 e. The molecule has 4 rings (SSSR count). The number of hydrogen-bond acceptors (Lipinski definition) is 3. The molecule has 0 bridgehead atoms. The molecule has 6 heteroatoms. The fraction of sp³-hybridized carbons (Fsp3) is 0.0500. The van der Waals surface area contributed by atoms with Crippen molar-refractivity contribution in [2.75, 3.05) is 5.32 Å². The fourth-order valence-electron chi connectivity index (χ4n) is 2.86. The van der Waals surface area contributed by atoms with Crippen LogP contribution in [-0.4, -0.2) is 20.7 Å². The van der Waals surface area contributed by atoms with Crippen molar-refractivity contribution in [2.45, 2.75) is 6.54 Å². The van der Waals surface area contributed by atoms with Gasteiger partial charge >= 0.3 is 0 Å². The van der Waals surface area contributed by atoms with Gasteiger partial charge in [-0.1, -0.05) is 30.3 Å². The van der Waals surface area contributed by atoms with Crippen molar-refractivity contribution in [2.24, 2.45) is 0 Å².